The molecule has 3 aromatic carbocycles. The van der Waals surface area contributed by atoms with Crippen LogP contribution < -0.4 is 0 Å². The van der Waals surface area contributed by atoms with Crippen LogP contribution in [0.4, 0.5) is 0 Å². The zero-order valence-corrected chi connectivity index (χ0v) is 13.2. The predicted octanol–water partition coefficient (Wildman–Crippen LogP) is 5.20. The van der Waals surface area contributed by atoms with E-state index in [-0.39, 0.29) is 11.5 Å². The van der Waals surface area contributed by atoms with E-state index in [4.69, 9.17) is 0 Å². The van der Waals surface area contributed by atoms with Gasteiger partial charge in [0.1, 0.15) is 5.75 Å². The summed E-state index contributed by atoms with van der Waals surface area (Å²) in [5.74, 6) is -0.229. The number of hydrogen-bond acceptors (Lipinski definition) is 2. The van der Waals surface area contributed by atoms with Gasteiger partial charge in [-0.15, -0.1) is 0 Å². The fourth-order valence-electron chi connectivity index (χ4n) is 2.32. The number of fused-ring (bicyclic) bond motifs is 1. The molecule has 0 saturated heterocycles. The van der Waals surface area contributed by atoms with Gasteiger partial charge in [0.25, 0.3) is 0 Å². The summed E-state index contributed by atoms with van der Waals surface area (Å²) in [5.41, 5.74) is 1.22. The number of ketones is 1. The Morgan fingerprint density at radius 3 is 2.50 bits per heavy atom. The van der Waals surface area contributed by atoms with Gasteiger partial charge in [0, 0.05) is 4.47 Å². The molecule has 0 bridgehead atoms. The second-order valence-corrected chi connectivity index (χ2v) is 5.70. The third kappa shape index (κ3) is 2.81. The van der Waals surface area contributed by atoms with Gasteiger partial charge in [-0.05, 0) is 56.6 Å². The molecule has 0 spiro atoms. The molecule has 2 nitrogen and oxygen atoms in total. The van der Waals surface area contributed by atoms with Crippen LogP contribution in [0.2, 0.25) is 0 Å². The summed E-state index contributed by atoms with van der Waals surface area (Å²) in [5, 5.41) is 11.9. The topological polar surface area (TPSA) is 37.3 Å². The minimum absolute atomic E-state index is 0.00488. The molecule has 0 unspecified atom stereocenters. The molecule has 3 aromatic rings. The standard InChI is InChI=1S/C19H13BrO2/c20-19-14(10-9-13-5-1-2-6-15(13)19)11-12-18(22)16-7-3-4-8-17(16)21/h1-12,21H/b12-11+. The molecule has 0 amide bonds. The van der Waals surface area contributed by atoms with E-state index >= 15 is 0 Å². The third-order valence-corrected chi connectivity index (χ3v) is 4.36. The van der Waals surface area contributed by atoms with Crippen molar-refractivity contribution in [3.63, 3.8) is 0 Å². The number of carbonyl (C=O) groups is 1. The minimum Gasteiger partial charge on any atom is -0.507 e. The maximum Gasteiger partial charge on any atom is 0.189 e. The number of carbonyl (C=O) groups excluding carboxylic acids is 1. The molecule has 0 aliphatic heterocycles. The number of hydrogen-bond donors (Lipinski definition) is 1. The number of para-hydroxylation sites is 1. The van der Waals surface area contributed by atoms with Gasteiger partial charge in [0.15, 0.2) is 5.78 Å². The highest BCUT2D eigenvalue weighted by atomic mass is 79.9. The van der Waals surface area contributed by atoms with Crippen LogP contribution in [-0.4, -0.2) is 10.9 Å². The smallest absolute Gasteiger partial charge is 0.189 e. The van der Waals surface area contributed by atoms with Crippen molar-refractivity contribution in [1.82, 2.24) is 0 Å². The summed E-state index contributed by atoms with van der Waals surface area (Å²) in [7, 11) is 0. The van der Waals surface area contributed by atoms with Gasteiger partial charge < -0.3 is 5.11 Å². The number of allylic oxidation sites excluding steroid dienone is 1. The van der Waals surface area contributed by atoms with Crippen molar-refractivity contribution in [1.29, 1.82) is 0 Å². The summed E-state index contributed by atoms with van der Waals surface area (Å²) in [6.45, 7) is 0. The largest absolute Gasteiger partial charge is 0.507 e. The molecule has 3 rings (SSSR count). The Bertz CT molecular complexity index is 881. The monoisotopic (exact) mass is 352 g/mol. The van der Waals surface area contributed by atoms with Crippen molar-refractivity contribution in [2.24, 2.45) is 0 Å². The van der Waals surface area contributed by atoms with Gasteiger partial charge in [-0.2, -0.15) is 0 Å². The average molecular weight is 353 g/mol. The van der Waals surface area contributed by atoms with Gasteiger partial charge in [-0.3, -0.25) is 4.79 Å². The lowest BCUT2D eigenvalue weighted by molar-refractivity contribution is 0.104. The zero-order chi connectivity index (χ0) is 15.5. The average Bonchev–Trinajstić information content (AvgIpc) is 2.55. The van der Waals surface area contributed by atoms with Gasteiger partial charge >= 0.3 is 0 Å². The summed E-state index contributed by atoms with van der Waals surface area (Å²) in [6, 6.07) is 18.6. The summed E-state index contributed by atoms with van der Waals surface area (Å²) in [6.07, 6.45) is 3.23. The van der Waals surface area contributed by atoms with E-state index in [1.54, 1.807) is 24.3 Å². The number of aromatic hydroxyl groups is 1. The molecule has 0 fully saturated rings. The van der Waals surface area contributed by atoms with Gasteiger partial charge in [-0.1, -0.05) is 48.5 Å². The Kier molecular flexibility index (Phi) is 4.07. The highest BCUT2D eigenvalue weighted by molar-refractivity contribution is 9.10. The molecule has 3 heteroatoms. The molecule has 0 atom stereocenters. The van der Waals surface area contributed by atoms with Crippen LogP contribution in [0.15, 0.2) is 71.2 Å². The zero-order valence-electron chi connectivity index (χ0n) is 11.7. The molecule has 0 saturated carbocycles. The molecular weight excluding hydrogens is 340 g/mol. The summed E-state index contributed by atoms with van der Waals surface area (Å²) in [4.78, 5) is 12.2. The fraction of sp³-hybridized carbons (Fsp3) is 0. The van der Waals surface area contributed by atoms with E-state index < -0.39 is 0 Å². The third-order valence-electron chi connectivity index (χ3n) is 3.48. The maximum absolute atomic E-state index is 12.2. The van der Waals surface area contributed by atoms with Crippen LogP contribution in [0.25, 0.3) is 16.8 Å². The fourth-order valence-corrected chi connectivity index (χ4v) is 2.94. The van der Waals surface area contributed by atoms with E-state index in [0.717, 1.165) is 20.8 Å². The van der Waals surface area contributed by atoms with Crippen molar-refractivity contribution >= 4 is 38.6 Å². The number of benzene rings is 3. The first kappa shape index (κ1) is 14.5. The van der Waals surface area contributed by atoms with E-state index in [1.165, 1.54) is 12.1 Å². The molecule has 22 heavy (non-hydrogen) atoms. The first-order chi connectivity index (χ1) is 10.7. The quantitative estimate of drug-likeness (QED) is 0.519. The Morgan fingerprint density at radius 2 is 1.68 bits per heavy atom. The molecule has 0 aliphatic carbocycles. The normalized spacial score (nSPS) is 11.1. The van der Waals surface area contributed by atoms with Gasteiger partial charge in [-0.25, -0.2) is 0 Å². The first-order valence-electron chi connectivity index (χ1n) is 6.84. The Morgan fingerprint density at radius 1 is 0.955 bits per heavy atom. The molecule has 0 aliphatic rings. The Balaban J connectivity index is 1.95. The molecule has 0 radical (unpaired) electrons. The Labute approximate surface area is 136 Å². The van der Waals surface area contributed by atoms with Gasteiger partial charge in [0.2, 0.25) is 0 Å². The lowest BCUT2D eigenvalue weighted by atomic mass is 10.0. The Hall–Kier alpha value is -2.39. The molecule has 1 N–H and O–H groups in total. The lowest BCUT2D eigenvalue weighted by Crippen LogP contribution is -1.94. The van der Waals surface area contributed by atoms with E-state index in [1.807, 2.05) is 36.4 Å². The van der Waals surface area contributed by atoms with E-state index in [0.29, 0.717) is 5.56 Å². The van der Waals surface area contributed by atoms with E-state index in [9.17, 15) is 9.90 Å². The number of phenols is 1. The van der Waals surface area contributed by atoms with Crippen LogP contribution in [0, 0.1) is 0 Å². The van der Waals surface area contributed by atoms with Crippen molar-refractivity contribution in [2.75, 3.05) is 0 Å². The summed E-state index contributed by atoms with van der Waals surface area (Å²) >= 11 is 3.59. The molecule has 0 aromatic heterocycles. The number of halogens is 1. The van der Waals surface area contributed by atoms with Crippen molar-refractivity contribution < 1.29 is 9.90 Å². The van der Waals surface area contributed by atoms with Crippen molar-refractivity contribution in [2.45, 2.75) is 0 Å². The minimum atomic E-state index is -0.224. The van der Waals surface area contributed by atoms with Crippen LogP contribution in [0.3, 0.4) is 0 Å². The summed E-state index contributed by atoms with van der Waals surface area (Å²) < 4.78 is 0.951. The highest BCUT2D eigenvalue weighted by Gasteiger charge is 2.07. The van der Waals surface area contributed by atoms with Crippen LogP contribution >= 0.6 is 15.9 Å². The maximum atomic E-state index is 12.2. The number of phenolic OH excluding ortho intramolecular Hbond substituents is 1. The van der Waals surface area contributed by atoms with Crippen molar-refractivity contribution in [3.8, 4) is 5.75 Å². The second kappa shape index (κ2) is 6.16. The lowest BCUT2D eigenvalue weighted by Gasteiger charge is -2.04. The van der Waals surface area contributed by atoms with Crippen LogP contribution in [0.1, 0.15) is 15.9 Å². The molecular formula is C19H13BrO2. The van der Waals surface area contributed by atoms with E-state index in [2.05, 4.69) is 15.9 Å². The first-order valence-corrected chi connectivity index (χ1v) is 7.64. The molecule has 0 heterocycles. The second-order valence-electron chi connectivity index (χ2n) is 4.90. The predicted molar refractivity (Wildman–Crippen MR) is 93.1 cm³/mol. The number of rotatable bonds is 3. The van der Waals surface area contributed by atoms with Gasteiger partial charge in [0.05, 0.1) is 5.56 Å². The van der Waals surface area contributed by atoms with Crippen LogP contribution in [-0.2, 0) is 0 Å². The van der Waals surface area contributed by atoms with Crippen LogP contribution in [0.5, 0.6) is 5.75 Å². The molecule has 108 valence electrons. The highest BCUT2D eigenvalue weighted by Crippen LogP contribution is 2.28. The van der Waals surface area contributed by atoms with Crippen molar-refractivity contribution in [3.05, 3.63) is 82.3 Å². The SMILES string of the molecule is O=C(/C=C/c1ccc2ccccc2c1Br)c1ccccc1O.